The molecule has 1 saturated carbocycles. The maximum Gasteiger partial charge on any atom is 0.249 e. The van der Waals surface area contributed by atoms with Crippen molar-refractivity contribution < 1.29 is 4.79 Å². The van der Waals surface area contributed by atoms with Crippen molar-refractivity contribution in [2.45, 2.75) is 25.2 Å². The lowest BCUT2D eigenvalue weighted by atomic mass is 9.59. The fraction of sp³-hybridized carbons (Fsp3) is 0.462. The van der Waals surface area contributed by atoms with Crippen molar-refractivity contribution in [1.29, 1.82) is 0 Å². The van der Waals surface area contributed by atoms with Crippen LogP contribution < -0.4 is 16.2 Å². The molecule has 1 amide bonds. The summed E-state index contributed by atoms with van der Waals surface area (Å²) in [5, 5.41) is 3.51. The third kappa shape index (κ3) is 2.86. The van der Waals surface area contributed by atoms with Gasteiger partial charge >= 0.3 is 0 Å². The van der Waals surface area contributed by atoms with E-state index in [1.165, 1.54) is 0 Å². The molecular weight excluding hydrogens is 296 g/mol. The fourth-order valence-electron chi connectivity index (χ4n) is 2.68. The first-order chi connectivity index (χ1) is 9.48. The SMILES string of the molecule is CNC(=S)NNC(=O)C1(c2ccnc(Cl)c2)CC(C)C1. The van der Waals surface area contributed by atoms with Gasteiger partial charge in [-0.05, 0) is 48.7 Å². The molecule has 1 aromatic rings. The highest BCUT2D eigenvalue weighted by Gasteiger charge is 2.49. The monoisotopic (exact) mass is 312 g/mol. The number of hydrazine groups is 1. The summed E-state index contributed by atoms with van der Waals surface area (Å²) in [6.45, 7) is 2.12. The predicted octanol–water partition coefficient (Wildman–Crippen LogP) is 1.53. The lowest BCUT2D eigenvalue weighted by Crippen LogP contribution is -2.57. The first-order valence-corrected chi connectivity index (χ1v) is 7.17. The molecule has 0 radical (unpaired) electrons. The lowest BCUT2D eigenvalue weighted by Gasteiger charge is -2.45. The molecule has 3 N–H and O–H groups in total. The van der Waals surface area contributed by atoms with Crippen LogP contribution in [-0.4, -0.2) is 23.1 Å². The Hall–Kier alpha value is -1.40. The second-order valence-electron chi connectivity index (χ2n) is 5.12. The van der Waals surface area contributed by atoms with Crippen molar-refractivity contribution in [2.24, 2.45) is 5.92 Å². The van der Waals surface area contributed by atoms with Gasteiger partial charge in [0.25, 0.3) is 0 Å². The Bertz CT molecular complexity index is 531. The van der Waals surface area contributed by atoms with Crippen molar-refractivity contribution in [1.82, 2.24) is 21.2 Å². The number of nitrogens with one attached hydrogen (secondary N) is 3. The minimum absolute atomic E-state index is 0.101. The third-order valence-corrected chi connectivity index (χ3v) is 4.14. The molecule has 1 fully saturated rings. The fourth-order valence-corrected chi connectivity index (χ4v) is 2.90. The smallest absolute Gasteiger partial charge is 0.249 e. The number of nitrogens with zero attached hydrogens (tertiary/aromatic N) is 1. The second-order valence-corrected chi connectivity index (χ2v) is 5.92. The van der Waals surface area contributed by atoms with Crippen LogP contribution in [0.25, 0.3) is 0 Å². The molecular formula is C13H17ClN4OS. The van der Waals surface area contributed by atoms with Crippen LogP contribution in [0, 0.1) is 5.92 Å². The molecule has 0 unspecified atom stereocenters. The van der Waals surface area contributed by atoms with E-state index in [-0.39, 0.29) is 5.91 Å². The van der Waals surface area contributed by atoms with E-state index in [2.05, 4.69) is 28.1 Å². The van der Waals surface area contributed by atoms with Crippen LogP contribution in [-0.2, 0) is 10.2 Å². The Morgan fingerprint density at radius 3 is 2.75 bits per heavy atom. The molecule has 0 bridgehead atoms. The summed E-state index contributed by atoms with van der Waals surface area (Å²) < 4.78 is 0. The first-order valence-electron chi connectivity index (χ1n) is 6.38. The Labute approximate surface area is 128 Å². The summed E-state index contributed by atoms with van der Waals surface area (Å²) in [6.07, 6.45) is 3.20. The molecule has 1 heterocycles. The molecule has 0 atom stereocenters. The minimum atomic E-state index is -0.553. The number of thiocarbonyl (C=S) groups is 1. The van der Waals surface area contributed by atoms with Crippen LogP contribution >= 0.6 is 23.8 Å². The van der Waals surface area contributed by atoms with Gasteiger partial charge in [0, 0.05) is 13.2 Å². The van der Waals surface area contributed by atoms with Gasteiger partial charge in [-0.2, -0.15) is 0 Å². The normalized spacial score (nSPS) is 24.4. The van der Waals surface area contributed by atoms with Gasteiger partial charge in [0.2, 0.25) is 5.91 Å². The van der Waals surface area contributed by atoms with E-state index in [9.17, 15) is 4.79 Å². The largest absolute Gasteiger partial charge is 0.364 e. The Morgan fingerprint density at radius 1 is 1.50 bits per heavy atom. The number of carbonyl (C=O) groups excluding carboxylic acids is 1. The molecule has 0 aromatic carbocycles. The van der Waals surface area contributed by atoms with Gasteiger partial charge in [-0.25, -0.2) is 4.98 Å². The van der Waals surface area contributed by atoms with Crippen molar-refractivity contribution in [2.75, 3.05) is 7.05 Å². The third-order valence-electron chi connectivity index (χ3n) is 3.62. The Morgan fingerprint density at radius 2 is 2.20 bits per heavy atom. The summed E-state index contributed by atoms with van der Waals surface area (Å²) >= 11 is 10.9. The molecule has 0 spiro atoms. The lowest BCUT2D eigenvalue weighted by molar-refractivity contribution is -0.132. The number of halogens is 1. The van der Waals surface area contributed by atoms with Crippen LogP contribution in [0.4, 0.5) is 0 Å². The molecule has 0 saturated heterocycles. The number of aromatic nitrogens is 1. The van der Waals surface area contributed by atoms with Crippen molar-refractivity contribution in [3.8, 4) is 0 Å². The number of hydrogen-bond donors (Lipinski definition) is 3. The van der Waals surface area contributed by atoms with E-state index >= 15 is 0 Å². The highest BCUT2D eigenvalue weighted by Crippen LogP contribution is 2.47. The average molecular weight is 313 g/mol. The molecule has 7 heteroatoms. The number of pyridine rings is 1. The van der Waals surface area contributed by atoms with E-state index in [0.29, 0.717) is 16.2 Å². The van der Waals surface area contributed by atoms with E-state index < -0.39 is 5.41 Å². The quantitative estimate of drug-likeness (QED) is 0.439. The molecule has 1 aromatic heterocycles. The van der Waals surface area contributed by atoms with Crippen LogP contribution in [0.5, 0.6) is 0 Å². The summed E-state index contributed by atoms with van der Waals surface area (Å²) in [6, 6.07) is 3.59. The van der Waals surface area contributed by atoms with Crippen LogP contribution in [0.1, 0.15) is 25.3 Å². The summed E-state index contributed by atoms with van der Waals surface area (Å²) in [5.74, 6) is 0.402. The predicted molar refractivity (Wildman–Crippen MR) is 82.3 cm³/mol. The number of amides is 1. The van der Waals surface area contributed by atoms with Crippen LogP contribution in [0.3, 0.4) is 0 Å². The van der Waals surface area contributed by atoms with E-state index in [4.69, 9.17) is 23.8 Å². The van der Waals surface area contributed by atoms with Gasteiger partial charge in [-0.3, -0.25) is 15.6 Å². The Balaban J connectivity index is 2.18. The summed E-state index contributed by atoms with van der Waals surface area (Å²) in [4.78, 5) is 16.5. The Kier molecular flexibility index (Phi) is 4.45. The minimum Gasteiger partial charge on any atom is -0.364 e. The standard InChI is InChI=1S/C13H17ClN4OS/c1-8-6-13(7-8,9-3-4-16-10(14)5-9)11(19)17-18-12(20)15-2/h3-5,8H,6-7H2,1-2H3,(H,17,19)(H2,15,18,20). The summed E-state index contributed by atoms with van der Waals surface area (Å²) in [7, 11) is 1.69. The van der Waals surface area contributed by atoms with Gasteiger partial charge in [0.1, 0.15) is 5.15 Å². The van der Waals surface area contributed by atoms with E-state index in [1.54, 1.807) is 19.3 Å². The maximum absolute atomic E-state index is 12.5. The zero-order valence-electron chi connectivity index (χ0n) is 11.4. The van der Waals surface area contributed by atoms with Gasteiger partial charge in [-0.1, -0.05) is 18.5 Å². The average Bonchev–Trinajstić information content (AvgIpc) is 2.40. The number of carbonyl (C=O) groups is 1. The zero-order valence-corrected chi connectivity index (χ0v) is 12.9. The van der Waals surface area contributed by atoms with Gasteiger partial charge in [-0.15, -0.1) is 0 Å². The zero-order chi connectivity index (χ0) is 14.8. The highest BCUT2D eigenvalue weighted by molar-refractivity contribution is 7.80. The maximum atomic E-state index is 12.5. The summed E-state index contributed by atoms with van der Waals surface area (Å²) in [5.41, 5.74) is 5.68. The number of hydrogen-bond acceptors (Lipinski definition) is 3. The van der Waals surface area contributed by atoms with Crippen LogP contribution in [0.15, 0.2) is 18.3 Å². The molecule has 5 nitrogen and oxygen atoms in total. The molecule has 2 rings (SSSR count). The van der Waals surface area contributed by atoms with E-state index in [0.717, 1.165) is 18.4 Å². The van der Waals surface area contributed by atoms with Crippen molar-refractivity contribution in [3.05, 3.63) is 29.0 Å². The highest BCUT2D eigenvalue weighted by atomic mass is 35.5. The van der Waals surface area contributed by atoms with E-state index in [1.807, 2.05) is 6.07 Å². The van der Waals surface area contributed by atoms with Gasteiger partial charge in [0.15, 0.2) is 5.11 Å². The topological polar surface area (TPSA) is 66.0 Å². The van der Waals surface area contributed by atoms with Gasteiger partial charge < -0.3 is 5.32 Å². The van der Waals surface area contributed by atoms with Gasteiger partial charge in [0.05, 0.1) is 5.41 Å². The van der Waals surface area contributed by atoms with Crippen molar-refractivity contribution >= 4 is 34.8 Å². The molecule has 1 aliphatic rings. The molecule has 0 aliphatic heterocycles. The molecule has 1 aliphatic carbocycles. The van der Waals surface area contributed by atoms with Crippen molar-refractivity contribution in [3.63, 3.8) is 0 Å². The molecule has 20 heavy (non-hydrogen) atoms. The number of rotatable bonds is 2. The first kappa shape index (κ1) is 15.0. The van der Waals surface area contributed by atoms with Crippen LogP contribution in [0.2, 0.25) is 5.15 Å². The molecule has 108 valence electrons. The second kappa shape index (κ2) is 5.93.